The fraction of sp³-hybridized carbons (Fsp3) is 0.444. The lowest BCUT2D eigenvalue weighted by Crippen LogP contribution is -2.20. The molecule has 1 amide bonds. The van der Waals surface area contributed by atoms with Crippen molar-refractivity contribution >= 4 is 23.5 Å². The summed E-state index contributed by atoms with van der Waals surface area (Å²) in [6, 6.07) is 3.78. The summed E-state index contributed by atoms with van der Waals surface area (Å²) in [4.78, 5) is 10.8. The number of carbonyl (C=O) groups excluding carboxylic acids is 1. The second kappa shape index (κ2) is 4.48. The second-order valence-electron chi connectivity index (χ2n) is 3.37. The molecule has 5 nitrogen and oxygen atoms in total. The fourth-order valence-corrected chi connectivity index (χ4v) is 2.55. The topological polar surface area (TPSA) is 80.9 Å². The van der Waals surface area contributed by atoms with Gasteiger partial charge < -0.3 is 11.1 Å². The monoisotopic (exact) mass is 224 g/mol. The molecule has 0 aromatic carbocycles. The molecule has 1 atom stereocenters. The van der Waals surface area contributed by atoms with E-state index in [1.54, 1.807) is 12.1 Å². The van der Waals surface area contributed by atoms with E-state index in [4.69, 9.17) is 5.73 Å². The first-order chi connectivity index (χ1) is 7.25. The maximum atomic E-state index is 10.8. The van der Waals surface area contributed by atoms with Crippen molar-refractivity contribution in [1.82, 2.24) is 10.2 Å². The van der Waals surface area contributed by atoms with E-state index in [1.165, 1.54) is 5.75 Å². The van der Waals surface area contributed by atoms with E-state index in [2.05, 4.69) is 15.5 Å². The molecule has 0 radical (unpaired) electrons. The van der Waals surface area contributed by atoms with Gasteiger partial charge >= 0.3 is 0 Å². The SMILES string of the molecule is NC(=O)c1ccc(NC2CCSC2)nn1. The van der Waals surface area contributed by atoms with Crippen LogP contribution in [0.3, 0.4) is 0 Å². The van der Waals surface area contributed by atoms with Crippen LogP contribution in [0.4, 0.5) is 5.82 Å². The molecule has 3 N–H and O–H groups in total. The maximum Gasteiger partial charge on any atom is 0.269 e. The third kappa shape index (κ3) is 2.59. The van der Waals surface area contributed by atoms with Crippen molar-refractivity contribution in [2.24, 2.45) is 5.73 Å². The van der Waals surface area contributed by atoms with E-state index in [0.717, 1.165) is 12.2 Å². The van der Waals surface area contributed by atoms with Crippen molar-refractivity contribution in [1.29, 1.82) is 0 Å². The predicted molar refractivity (Wildman–Crippen MR) is 59.9 cm³/mol. The van der Waals surface area contributed by atoms with Gasteiger partial charge in [0.05, 0.1) is 0 Å². The number of nitrogens with two attached hydrogens (primary N) is 1. The lowest BCUT2D eigenvalue weighted by molar-refractivity contribution is 0.0994. The molecule has 15 heavy (non-hydrogen) atoms. The summed E-state index contributed by atoms with van der Waals surface area (Å²) in [5.41, 5.74) is 5.26. The molecule has 0 bridgehead atoms. The number of nitrogens with one attached hydrogen (secondary N) is 1. The number of nitrogens with zero attached hydrogens (tertiary/aromatic N) is 2. The van der Waals surface area contributed by atoms with Crippen LogP contribution in [0, 0.1) is 0 Å². The van der Waals surface area contributed by atoms with Crippen LogP contribution in [-0.2, 0) is 0 Å². The summed E-state index contributed by atoms with van der Waals surface area (Å²) in [5.74, 6) is 2.43. The molecule has 80 valence electrons. The van der Waals surface area contributed by atoms with Crippen molar-refractivity contribution in [3.8, 4) is 0 Å². The van der Waals surface area contributed by atoms with Crippen molar-refractivity contribution in [3.05, 3.63) is 17.8 Å². The van der Waals surface area contributed by atoms with Gasteiger partial charge in [-0.1, -0.05) is 0 Å². The number of aromatic nitrogens is 2. The molecule has 1 aliphatic heterocycles. The van der Waals surface area contributed by atoms with Gasteiger partial charge in [-0.15, -0.1) is 10.2 Å². The van der Waals surface area contributed by atoms with Gasteiger partial charge in [-0.3, -0.25) is 4.79 Å². The van der Waals surface area contributed by atoms with Crippen molar-refractivity contribution in [2.45, 2.75) is 12.5 Å². The molecule has 1 saturated heterocycles. The molecule has 2 rings (SSSR count). The molecule has 1 aromatic heterocycles. The normalized spacial score (nSPS) is 20.1. The highest BCUT2D eigenvalue weighted by Gasteiger charge is 2.15. The lowest BCUT2D eigenvalue weighted by Gasteiger charge is -2.10. The van der Waals surface area contributed by atoms with Crippen LogP contribution in [0.25, 0.3) is 0 Å². The predicted octanol–water partition coefficient (Wildman–Crippen LogP) is 0.493. The first kappa shape index (κ1) is 10.2. The van der Waals surface area contributed by atoms with Gasteiger partial charge in [0.15, 0.2) is 5.69 Å². The zero-order valence-electron chi connectivity index (χ0n) is 8.14. The van der Waals surface area contributed by atoms with Crippen molar-refractivity contribution < 1.29 is 4.79 Å². The Morgan fingerprint density at radius 2 is 2.40 bits per heavy atom. The van der Waals surface area contributed by atoms with Crippen LogP contribution >= 0.6 is 11.8 Å². The van der Waals surface area contributed by atoms with Gasteiger partial charge in [0.1, 0.15) is 5.82 Å². The highest BCUT2D eigenvalue weighted by molar-refractivity contribution is 7.99. The number of rotatable bonds is 3. The smallest absolute Gasteiger partial charge is 0.269 e. The van der Waals surface area contributed by atoms with Gasteiger partial charge in [-0.2, -0.15) is 11.8 Å². The Morgan fingerprint density at radius 3 is 2.93 bits per heavy atom. The Bertz CT molecular complexity index is 348. The third-order valence-electron chi connectivity index (χ3n) is 2.20. The van der Waals surface area contributed by atoms with Gasteiger partial charge in [0, 0.05) is 11.8 Å². The average molecular weight is 224 g/mol. The Balaban J connectivity index is 2.00. The molecule has 0 spiro atoms. The Labute approximate surface area is 91.8 Å². The van der Waals surface area contributed by atoms with E-state index in [0.29, 0.717) is 11.9 Å². The van der Waals surface area contributed by atoms with Crippen LogP contribution < -0.4 is 11.1 Å². The number of carbonyl (C=O) groups is 1. The summed E-state index contributed by atoms with van der Waals surface area (Å²) >= 11 is 1.92. The molecule has 1 aromatic rings. The minimum Gasteiger partial charge on any atom is -0.365 e. The zero-order valence-corrected chi connectivity index (χ0v) is 8.96. The van der Waals surface area contributed by atoms with Gasteiger partial charge in [0.2, 0.25) is 0 Å². The molecule has 1 unspecified atom stereocenters. The number of hydrogen-bond acceptors (Lipinski definition) is 5. The van der Waals surface area contributed by atoms with Crippen LogP contribution in [-0.4, -0.2) is 33.7 Å². The minimum atomic E-state index is -0.550. The van der Waals surface area contributed by atoms with Crippen LogP contribution in [0.1, 0.15) is 16.9 Å². The van der Waals surface area contributed by atoms with Crippen LogP contribution in [0.2, 0.25) is 0 Å². The highest BCUT2D eigenvalue weighted by atomic mass is 32.2. The van der Waals surface area contributed by atoms with Crippen molar-refractivity contribution in [3.63, 3.8) is 0 Å². The summed E-state index contributed by atoms with van der Waals surface area (Å²) in [7, 11) is 0. The number of hydrogen-bond donors (Lipinski definition) is 2. The number of amides is 1. The maximum absolute atomic E-state index is 10.8. The third-order valence-corrected chi connectivity index (χ3v) is 3.36. The molecular weight excluding hydrogens is 212 g/mol. The number of primary amides is 1. The molecule has 2 heterocycles. The van der Waals surface area contributed by atoms with E-state index < -0.39 is 5.91 Å². The summed E-state index contributed by atoms with van der Waals surface area (Å²) in [5, 5.41) is 10.9. The van der Waals surface area contributed by atoms with Gasteiger partial charge in [-0.05, 0) is 24.3 Å². The largest absolute Gasteiger partial charge is 0.365 e. The standard InChI is InChI=1S/C9H12N4OS/c10-9(14)7-1-2-8(13-12-7)11-6-3-4-15-5-6/h1-2,6H,3-5H2,(H2,10,14)(H,11,13). The van der Waals surface area contributed by atoms with Gasteiger partial charge in [0.25, 0.3) is 5.91 Å². The summed E-state index contributed by atoms with van der Waals surface area (Å²) in [6.07, 6.45) is 1.14. The molecular formula is C9H12N4OS. The van der Waals surface area contributed by atoms with Gasteiger partial charge in [-0.25, -0.2) is 0 Å². The van der Waals surface area contributed by atoms with E-state index >= 15 is 0 Å². The Kier molecular flexibility index (Phi) is 3.05. The molecule has 1 fully saturated rings. The minimum absolute atomic E-state index is 0.196. The molecule has 0 aliphatic carbocycles. The Hall–Kier alpha value is -1.30. The lowest BCUT2D eigenvalue weighted by atomic mass is 10.2. The average Bonchev–Trinajstić information content (AvgIpc) is 2.71. The highest BCUT2D eigenvalue weighted by Crippen LogP contribution is 2.20. The van der Waals surface area contributed by atoms with Crippen LogP contribution in [0.5, 0.6) is 0 Å². The first-order valence-corrected chi connectivity index (χ1v) is 5.89. The zero-order chi connectivity index (χ0) is 10.7. The van der Waals surface area contributed by atoms with Crippen LogP contribution in [0.15, 0.2) is 12.1 Å². The number of anilines is 1. The second-order valence-corrected chi connectivity index (χ2v) is 4.52. The van der Waals surface area contributed by atoms with Crippen molar-refractivity contribution in [2.75, 3.05) is 16.8 Å². The summed E-state index contributed by atoms with van der Waals surface area (Å²) < 4.78 is 0. The summed E-state index contributed by atoms with van der Waals surface area (Å²) in [6.45, 7) is 0. The molecule has 0 saturated carbocycles. The molecule has 6 heteroatoms. The van der Waals surface area contributed by atoms with E-state index in [-0.39, 0.29) is 5.69 Å². The van der Waals surface area contributed by atoms with E-state index in [9.17, 15) is 4.79 Å². The number of thioether (sulfide) groups is 1. The molecule has 1 aliphatic rings. The van der Waals surface area contributed by atoms with E-state index in [1.807, 2.05) is 11.8 Å². The first-order valence-electron chi connectivity index (χ1n) is 4.73. The fourth-order valence-electron chi connectivity index (χ4n) is 1.40. The quantitative estimate of drug-likeness (QED) is 0.781. The Morgan fingerprint density at radius 1 is 1.53 bits per heavy atom.